The molecule has 0 spiro atoms. The van der Waals surface area contributed by atoms with Gasteiger partial charge in [0.15, 0.2) is 0 Å². The number of carbonyl (C=O) groups is 2. The minimum atomic E-state index is -0.381. The van der Waals surface area contributed by atoms with E-state index < -0.39 is 0 Å². The Balaban J connectivity index is 1.59. The predicted octanol–water partition coefficient (Wildman–Crippen LogP) is 4.45. The van der Waals surface area contributed by atoms with Gasteiger partial charge in [0.1, 0.15) is 17.0 Å². The van der Waals surface area contributed by atoms with Crippen LogP contribution in [0.1, 0.15) is 39.3 Å². The number of nitrogens with one attached hydrogen (secondary N) is 2. The minimum Gasteiger partial charge on any atom is -0.360 e. The Labute approximate surface area is 166 Å². The van der Waals surface area contributed by atoms with Gasteiger partial charge in [0.2, 0.25) is 0 Å². The molecule has 0 bridgehead atoms. The maximum atomic E-state index is 12.9. The van der Waals surface area contributed by atoms with Gasteiger partial charge in [-0.1, -0.05) is 41.0 Å². The summed E-state index contributed by atoms with van der Waals surface area (Å²) in [4.78, 5) is 25.1. The molecule has 0 saturated heterocycles. The first kappa shape index (κ1) is 18.3. The van der Waals surface area contributed by atoms with Crippen molar-refractivity contribution in [1.82, 2.24) is 10.5 Å². The summed E-state index contributed by atoms with van der Waals surface area (Å²) in [6.45, 7) is 1.67. The van der Waals surface area contributed by atoms with Crippen LogP contribution in [0.25, 0.3) is 11.3 Å². The van der Waals surface area contributed by atoms with E-state index >= 15 is 0 Å². The molecule has 1 saturated carbocycles. The Hall–Kier alpha value is -3.12. The van der Waals surface area contributed by atoms with Crippen LogP contribution in [-0.2, 0) is 0 Å². The summed E-state index contributed by atoms with van der Waals surface area (Å²) in [6.07, 6.45) is 2.03. The molecule has 3 aromatic rings. The number of anilines is 1. The Morgan fingerprint density at radius 3 is 2.64 bits per heavy atom. The molecule has 1 aliphatic carbocycles. The highest BCUT2D eigenvalue weighted by Gasteiger charge is 2.25. The van der Waals surface area contributed by atoms with E-state index in [0.29, 0.717) is 38.9 Å². The molecule has 2 aromatic carbocycles. The van der Waals surface area contributed by atoms with Crippen LogP contribution in [-0.4, -0.2) is 23.0 Å². The molecular formula is C21H18ClN3O3. The van der Waals surface area contributed by atoms with E-state index in [1.165, 1.54) is 0 Å². The van der Waals surface area contributed by atoms with Crippen LogP contribution < -0.4 is 10.6 Å². The summed E-state index contributed by atoms with van der Waals surface area (Å²) in [5.74, 6) is -0.139. The van der Waals surface area contributed by atoms with E-state index in [1.54, 1.807) is 49.4 Å². The average Bonchev–Trinajstić information content (AvgIpc) is 3.41. The van der Waals surface area contributed by atoms with E-state index in [9.17, 15) is 9.59 Å². The SMILES string of the molecule is Cc1onc(-c2ccccc2Cl)c1C(=O)Nc1cccc(C(=O)NC2CC2)c1. The third kappa shape index (κ3) is 3.77. The van der Waals surface area contributed by atoms with Gasteiger partial charge in [-0.2, -0.15) is 0 Å². The fourth-order valence-electron chi connectivity index (χ4n) is 2.90. The monoisotopic (exact) mass is 395 g/mol. The van der Waals surface area contributed by atoms with Crippen LogP contribution in [0.3, 0.4) is 0 Å². The lowest BCUT2D eigenvalue weighted by Gasteiger charge is -2.09. The van der Waals surface area contributed by atoms with Crippen LogP contribution in [0.5, 0.6) is 0 Å². The molecule has 6 nitrogen and oxygen atoms in total. The fraction of sp³-hybridized carbons (Fsp3) is 0.190. The van der Waals surface area contributed by atoms with E-state index in [2.05, 4.69) is 15.8 Å². The maximum Gasteiger partial charge on any atom is 0.261 e. The Morgan fingerprint density at radius 2 is 1.89 bits per heavy atom. The number of aromatic nitrogens is 1. The second-order valence-corrected chi connectivity index (χ2v) is 7.13. The predicted molar refractivity (Wildman–Crippen MR) is 107 cm³/mol. The number of nitrogens with zero attached hydrogens (tertiary/aromatic N) is 1. The summed E-state index contributed by atoms with van der Waals surface area (Å²) in [5, 5.41) is 10.2. The summed E-state index contributed by atoms with van der Waals surface area (Å²) < 4.78 is 5.24. The molecule has 28 heavy (non-hydrogen) atoms. The largest absolute Gasteiger partial charge is 0.360 e. The lowest BCUT2D eigenvalue weighted by molar-refractivity contribution is 0.0949. The van der Waals surface area contributed by atoms with Gasteiger partial charge in [-0.25, -0.2) is 0 Å². The molecule has 2 N–H and O–H groups in total. The molecule has 4 rings (SSSR count). The van der Waals surface area contributed by atoms with Gasteiger partial charge < -0.3 is 15.2 Å². The van der Waals surface area contributed by atoms with Gasteiger partial charge in [0.05, 0.1) is 5.02 Å². The molecule has 0 radical (unpaired) electrons. The second-order valence-electron chi connectivity index (χ2n) is 6.72. The fourth-order valence-corrected chi connectivity index (χ4v) is 3.13. The summed E-state index contributed by atoms with van der Waals surface area (Å²) in [5.41, 5.74) is 2.31. The quantitative estimate of drug-likeness (QED) is 0.668. The first-order valence-electron chi connectivity index (χ1n) is 8.96. The van der Waals surface area contributed by atoms with E-state index in [-0.39, 0.29) is 17.9 Å². The Kier molecular flexibility index (Phi) is 4.88. The third-order valence-corrected chi connectivity index (χ3v) is 4.84. The molecule has 0 atom stereocenters. The van der Waals surface area contributed by atoms with E-state index in [0.717, 1.165) is 12.8 Å². The van der Waals surface area contributed by atoms with E-state index in [4.69, 9.17) is 16.1 Å². The molecule has 0 aliphatic heterocycles. The smallest absolute Gasteiger partial charge is 0.261 e. The van der Waals surface area contributed by atoms with Gasteiger partial charge in [0, 0.05) is 22.9 Å². The van der Waals surface area contributed by atoms with Gasteiger partial charge >= 0.3 is 0 Å². The topological polar surface area (TPSA) is 84.2 Å². The third-order valence-electron chi connectivity index (χ3n) is 4.51. The number of benzene rings is 2. The number of aryl methyl sites for hydroxylation is 1. The molecule has 0 unspecified atom stereocenters. The van der Waals surface area contributed by atoms with Crippen molar-refractivity contribution in [2.75, 3.05) is 5.32 Å². The number of hydrogen-bond donors (Lipinski definition) is 2. The lowest BCUT2D eigenvalue weighted by atomic mass is 10.1. The Morgan fingerprint density at radius 1 is 1.11 bits per heavy atom. The highest BCUT2D eigenvalue weighted by molar-refractivity contribution is 6.33. The maximum absolute atomic E-state index is 12.9. The van der Waals surface area contributed by atoms with Crippen molar-refractivity contribution in [3.8, 4) is 11.3 Å². The highest BCUT2D eigenvalue weighted by Crippen LogP contribution is 2.31. The second kappa shape index (κ2) is 7.48. The van der Waals surface area contributed by atoms with Crippen molar-refractivity contribution in [3.05, 3.63) is 70.4 Å². The molecular weight excluding hydrogens is 378 g/mol. The normalized spacial score (nSPS) is 13.2. The molecule has 1 aromatic heterocycles. The Bertz CT molecular complexity index is 1060. The molecule has 1 heterocycles. The number of halogens is 1. The zero-order valence-electron chi connectivity index (χ0n) is 15.2. The van der Waals surface area contributed by atoms with Crippen LogP contribution in [0.2, 0.25) is 5.02 Å². The summed E-state index contributed by atoms with van der Waals surface area (Å²) in [7, 11) is 0. The van der Waals surface area contributed by atoms with Gasteiger partial charge in [-0.15, -0.1) is 0 Å². The highest BCUT2D eigenvalue weighted by atomic mass is 35.5. The van der Waals surface area contributed by atoms with Crippen molar-refractivity contribution >= 4 is 29.1 Å². The van der Waals surface area contributed by atoms with Gasteiger partial charge in [0.25, 0.3) is 11.8 Å². The molecule has 1 fully saturated rings. The minimum absolute atomic E-state index is 0.142. The first-order chi connectivity index (χ1) is 13.5. The van der Waals surface area contributed by atoms with Crippen molar-refractivity contribution < 1.29 is 14.1 Å². The van der Waals surface area contributed by atoms with E-state index in [1.807, 2.05) is 6.07 Å². The van der Waals surface area contributed by atoms with Crippen LogP contribution >= 0.6 is 11.6 Å². The van der Waals surface area contributed by atoms with Gasteiger partial charge in [-0.3, -0.25) is 9.59 Å². The zero-order valence-corrected chi connectivity index (χ0v) is 15.9. The number of rotatable bonds is 5. The van der Waals surface area contributed by atoms with Crippen LogP contribution in [0.4, 0.5) is 5.69 Å². The number of carbonyl (C=O) groups excluding carboxylic acids is 2. The van der Waals surface area contributed by atoms with Crippen LogP contribution in [0, 0.1) is 6.92 Å². The summed E-state index contributed by atoms with van der Waals surface area (Å²) in [6, 6.07) is 14.2. The van der Waals surface area contributed by atoms with Gasteiger partial charge in [-0.05, 0) is 44.0 Å². The number of hydrogen-bond acceptors (Lipinski definition) is 4. The van der Waals surface area contributed by atoms with Crippen molar-refractivity contribution in [2.45, 2.75) is 25.8 Å². The molecule has 2 amide bonds. The lowest BCUT2D eigenvalue weighted by Crippen LogP contribution is -2.25. The standard InChI is InChI=1S/C21H18ClN3O3/c1-12-18(19(25-28-12)16-7-2-3-8-17(16)22)21(27)24-15-6-4-5-13(11-15)20(26)23-14-9-10-14/h2-8,11,14H,9-10H2,1H3,(H,23,26)(H,24,27). The summed E-state index contributed by atoms with van der Waals surface area (Å²) >= 11 is 6.25. The molecule has 1 aliphatic rings. The average molecular weight is 396 g/mol. The van der Waals surface area contributed by atoms with Crippen molar-refractivity contribution in [2.24, 2.45) is 0 Å². The molecule has 7 heteroatoms. The first-order valence-corrected chi connectivity index (χ1v) is 9.34. The van der Waals surface area contributed by atoms with Crippen LogP contribution in [0.15, 0.2) is 53.1 Å². The number of amides is 2. The molecule has 142 valence electrons. The van der Waals surface area contributed by atoms with Crippen molar-refractivity contribution in [1.29, 1.82) is 0 Å². The zero-order chi connectivity index (χ0) is 19.7. The van der Waals surface area contributed by atoms with Crippen molar-refractivity contribution in [3.63, 3.8) is 0 Å².